The first-order valence-corrected chi connectivity index (χ1v) is 8.57. The maximum Gasteiger partial charge on any atom is 0.0610 e. The fourth-order valence-corrected chi connectivity index (χ4v) is 3.48. The molecule has 1 saturated heterocycles. The van der Waals surface area contributed by atoms with Crippen LogP contribution in [0.1, 0.15) is 59.8 Å². The summed E-state index contributed by atoms with van der Waals surface area (Å²) in [6.45, 7) is 14.1. The van der Waals surface area contributed by atoms with Gasteiger partial charge in [0.15, 0.2) is 0 Å². The second-order valence-corrected chi connectivity index (χ2v) is 7.31. The summed E-state index contributed by atoms with van der Waals surface area (Å²) >= 11 is 0. The van der Waals surface area contributed by atoms with Crippen molar-refractivity contribution in [2.75, 3.05) is 32.8 Å². The molecule has 3 heteroatoms. The lowest BCUT2D eigenvalue weighted by molar-refractivity contribution is 0.132. The molecule has 1 fully saturated rings. The van der Waals surface area contributed by atoms with Crippen LogP contribution in [0.25, 0.3) is 0 Å². The van der Waals surface area contributed by atoms with Crippen molar-refractivity contribution in [1.29, 1.82) is 0 Å². The molecule has 120 valence electrons. The Morgan fingerprint density at radius 2 is 1.85 bits per heavy atom. The summed E-state index contributed by atoms with van der Waals surface area (Å²) in [5, 5.41) is 13.0. The number of hydrogen-bond donors (Lipinski definition) is 2. The molecule has 0 bridgehead atoms. The predicted molar refractivity (Wildman–Crippen MR) is 87.0 cm³/mol. The SMILES string of the molecule is CCCNC(C)(CO)CCCCN1CC(C)CC(C)C1. The maximum absolute atomic E-state index is 9.56. The highest BCUT2D eigenvalue weighted by molar-refractivity contribution is 4.82. The van der Waals surface area contributed by atoms with Crippen LogP contribution in [0.3, 0.4) is 0 Å². The minimum absolute atomic E-state index is 0.0848. The fraction of sp³-hybridized carbons (Fsp3) is 1.00. The van der Waals surface area contributed by atoms with Gasteiger partial charge in [-0.15, -0.1) is 0 Å². The standard InChI is InChI=1S/C17H36N2O/c1-5-9-18-17(4,14-20)8-6-7-10-19-12-15(2)11-16(3)13-19/h15-16,18,20H,5-14H2,1-4H3. The zero-order valence-corrected chi connectivity index (χ0v) is 14.1. The summed E-state index contributed by atoms with van der Waals surface area (Å²) in [7, 11) is 0. The number of likely N-dealkylation sites (tertiary alicyclic amines) is 1. The Hall–Kier alpha value is -0.120. The highest BCUT2D eigenvalue weighted by atomic mass is 16.3. The molecule has 1 aliphatic heterocycles. The molecule has 1 aliphatic rings. The van der Waals surface area contributed by atoms with Gasteiger partial charge in [0.1, 0.15) is 0 Å². The van der Waals surface area contributed by atoms with Crippen molar-refractivity contribution in [1.82, 2.24) is 10.2 Å². The van der Waals surface area contributed by atoms with Crippen molar-refractivity contribution < 1.29 is 5.11 Å². The van der Waals surface area contributed by atoms with E-state index in [9.17, 15) is 5.11 Å². The number of unbranched alkanes of at least 4 members (excludes halogenated alkanes) is 1. The molecule has 0 saturated carbocycles. The Balaban J connectivity index is 2.19. The van der Waals surface area contributed by atoms with E-state index in [1.54, 1.807) is 0 Å². The van der Waals surface area contributed by atoms with Gasteiger partial charge in [-0.2, -0.15) is 0 Å². The molecule has 3 atom stereocenters. The van der Waals surface area contributed by atoms with Gasteiger partial charge in [0.05, 0.1) is 6.61 Å². The minimum atomic E-state index is -0.0848. The lowest BCUT2D eigenvalue weighted by atomic mass is 9.91. The Morgan fingerprint density at radius 1 is 1.20 bits per heavy atom. The van der Waals surface area contributed by atoms with E-state index < -0.39 is 0 Å². The molecule has 0 aromatic carbocycles. The number of aliphatic hydroxyl groups is 1. The van der Waals surface area contributed by atoms with Gasteiger partial charge in [0, 0.05) is 18.6 Å². The van der Waals surface area contributed by atoms with Crippen LogP contribution in [0.15, 0.2) is 0 Å². The van der Waals surface area contributed by atoms with E-state index in [4.69, 9.17) is 0 Å². The number of hydrogen-bond acceptors (Lipinski definition) is 3. The fourth-order valence-electron chi connectivity index (χ4n) is 3.48. The normalized spacial score (nSPS) is 27.4. The van der Waals surface area contributed by atoms with Crippen molar-refractivity contribution in [3.05, 3.63) is 0 Å². The van der Waals surface area contributed by atoms with Gasteiger partial charge >= 0.3 is 0 Å². The van der Waals surface area contributed by atoms with Gasteiger partial charge in [-0.3, -0.25) is 0 Å². The lowest BCUT2D eigenvalue weighted by Crippen LogP contribution is -2.46. The number of rotatable bonds is 9. The molecule has 1 rings (SSSR count). The lowest BCUT2D eigenvalue weighted by Gasteiger charge is -2.35. The Bertz CT molecular complexity index is 249. The van der Waals surface area contributed by atoms with E-state index in [0.29, 0.717) is 0 Å². The first kappa shape index (κ1) is 17.9. The molecule has 3 unspecified atom stereocenters. The third-order valence-electron chi connectivity index (χ3n) is 4.55. The van der Waals surface area contributed by atoms with Crippen molar-refractivity contribution in [2.24, 2.45) is 11.8 Å². The van der Waals surface area contributed by atoms with Gasteiger partial charge in [-0.1, -0.05) is 27.2 Å². The molecule has 0 aromatic rings. The molecule has 20 heavy (non-hydrogen) atoms. The molecule has 0 spiro atoms. The highest BCUT2D eigenvalue weighted by Crippen LogP contribution is 2.21. The van der Waals surface area contributed by atoms with E-state index in [-0.39, 0.29) is 12.1 Å². The molecule has 0 aliphatic carbocycles. The van der Waals surface area contributed by atoms with Crippen LogP contribution < -0.4 is 5.32 Å². The molecule has 0 amide bonds. The Kier molecular flexibility index (Phi) is 8.08. The van der Waals surface area contributed by atoms with Crippen LogP contribution in [-0.4, -0.2) is 48.3 Å². The minimum Gasteiger partial charge on any atom is -0.394 e. The van der Waals surface area contributed by atoms with Crippen molar-refractivity contribution in [2.45, 2.75) is 65.3 Å². The average Bonchev–Trinajstić information content (AvgIpc) is 2.40. The summed E-state index contributed by atoms with van der Waals surface area (Å²) in [6.07, 6.45) is 6.04. The maximum atomic E-state index is 9.56. The van der Waals surface area contributed by atoms with E-state index in [0.717, 1.165) is 31.2 Å². The molecule has 0 aromatic heterocycles. The Morgan fingerprint density at radius 3 is 2.40 bits per heavy atom. The summed E-state index contributed by atoms with van der Waals surface area (Å²) in [5.74, 6) is 1.71. The van der Waals surface area contributed by atoms with Gasteiger partial charge in [-0.05, 0) is 57.5 Å². The monoisotopic (exact) mass is 284 g/mol. The number of aliphatic hydroxyl groups excluding tert-OH is 1. The largest absolute Gasteiger partial charge is 0.394 e. The topological polar surface area (TPSA) is 35.5 Å². The number of nitrogens with one attached hydrogen (secondary N) is 1. The highest BCUT2D eigenvalue weighted by Gasteiger charge is 2.23. The molecular weight excluding hydrogens is 248 g/mol. The van der Waals surface area contributed by atoms with Crippen molar-refractivity contribution in [3.63, 3.8) is 0 Å². The summed E-state index contributed by atoms with van der Waals surface area (Å²) in [6, 6.07) is 0. The van der Waals surface area contributed by atoms with Crippen molar-refractivity contribution in [3.8, 4) is 0 Å². The molecule has 0 radical (unpaired) electrons. The van der Waals surface area contributed by atoms with Gasteiger partial charge in [0.25, 0.3) is 0 Å². The first-order valence-electron chi connectivity index (χ1n) is 8.57. The van der Waals surface area contributed by atoms with Crippen LogP contribution in [0.4, 0.5) is 0 Å². The third kappa shape index (κ3) is 6.55. The van der Waals surface area contributed by atoms with Crippen LogP contribution in [0, 0.1) is 11.8 Å². The van der Waals surface area contributed by atoms with Crippen LogP contribution in [-0.2, 0) is 0 Å². The van der Waals surface area contributed by atoms with Gasteiger partial charge in [-0.25, -0.2) is 0 Å². The van der Waals surface area contributed by atoms with E-state index in [1.165, 1.54) is 38.9 Å². The molecule has 2 N–H and O–H groups in total. The number of nitrogens with zero attached hydrogens (tertiary/aromatic N) is 1. The van der Waals surface area contributed by atoms with Crippen molar-refractivity contribution >= 4 is 0 Å². The quantitative estimate of drug-likeness (QED) is 0.639. The number of piperidine rings is 1. The summed E-state index contributed by atoms with van der Waals surface area (Å²) in [5.41, 5.74) is -0.0848. The Labute approximate surface area is 126 Å². The predicted octanol–water partition coefficient (Wildman–Crippen LogP) is 2.89. The molecule has 3 nitrogen and oxygen atoms in total. The first-order chi connectivity index (χ1) is 9.49. The zero-order chi connectivity index (χ0) is 15.0. The average molecular weight is 284 g/mol. The zero-order valence-electron chi connectivity index (χ0n) is 14.1. The second-order valence-electron chi connectivity index (χ2n) is 7.31. The van der Waals surface area contributed by atoms with E-state index >= 15 is 0 Å². The molecule has 1 heterocycles. The smallest absolute Gasteiger partial charge is 0.0610 e. The second kappa shape index (κ2) is 9.01. The van der Waals surface area contributed by atoms with Gasteiger partial charge in [0.2, 0.25) is 0 Å². The molecular formula is C17H36N2O. The van der Waals surface area contributed by atoms with Crippen LogP contribution in [0.5, 0.6) is 0 Å². The van der Waals surface area contributed by atoms with Crippen LogP contribution in [0.2, 0.25) is 0 Å². The van der Waals surface area contributed by atoms with E-state index in [1.807, 2.05) is 0 Å². The van der Waals surface area contributed by atoms with Gasteiger partial charge < -0.3 is 15.3 Å². The third-order valence-corrected chi connectivity index (χ3v) is 4.55. The summed E-state index contributed by atoms with van der Waals surface area (Å²) < 4.78 is 0. The van der Waals surface area contributed by atoms with Crippen LogP contribution >= 0.6 is 0 Å². The summed E-state index contributed by atoms with van der Waals surface area (Å²) in [4.78, 5) is 2.63. The van der Waals surface area contributed by atoms with E-state index in [2.05, 4.69) is 37.9 Å².